The zero-order valence-corrected chi connectivity index (χ0v) is 14.9. The number of carbonyl (C=O) groups is 1. The number of benzene rings is 1. The van der Waals surface area contributed by atoms with Gasteiger partial charge < -0.3 is 14.5 Å². The Morgan fingerprint density at radius 1 is 1.28 bits per heavy atom. The van der Waals surface area contributed by atoms with Crippen molar-refractivity contribution in [2.24, 2.45) is 5.92 Å². The molecule has 1 aromatic carbocycles. The van der Waals surface area contributed by atoms with Crippen LogP contribution in [0, 0.1) is 11.7 Å². The average Bonchev–Trinajstić information content (AvgIpc) is 3.34. The number of nitrogens with zero attached hydrogens (tertiary/aromatic N) is 2. The van der Waals surface area contributed by atoms with Gasteiger partial charge in [0, 0.05) is 32.2 Å². The average molecular weight is 346 g/mol. The molecule has 5 heteroatoms. The molecule has 0 N–H and O–H groups in total. The van der Waals surface area contributed by atoms with Crippen LogP contribution in [0.1, 0.15) is 38.5 Å². The second-order valence-corrected chi connectivity index (χ2v) is 7.97. The van der Waals surface area contributed by atoms with Gasteiger partial charge in [0.1, 0.15) is 5.82 Å². The third-order valence-electron chi connectivity index (χ3n) is 6.16. The van der Waals surface area contributed by atoms with Crippen molar-refractivity contribution in [1.29, 1.82) is 0 Å². The summed E-state index contributed by atoms with van der Waals surface area (Å²) in [4.78, 5) is 16.5. The van der Waals surface area contributed by atoms with E-state index in [4.69, 9.17) is 4.74 Å². The van der Waals surface area contributed by atoms with Crippen molar-refractivity contribution in [3.8, 4) is 0 Å². The number of likely N-dealkylation sites (tertiary alicyclic amines) is 1. The molecule has 25 heavy (non-hydrogen) atoms. The maximum Gasteiger partial charge on any atom is 0.222 e. The van der Waals surface area contributed by atoms with Gasteiger partial charge in [0.05, 0.1) is 18.2 Å². The second-order valence-electron chi connectivity index (χ2n) is 7.97. The molecule has 1 aromatic rings. The van der Waals surface area contributed by atoms with Crippen LogP contribution in [0.15, 0.2) is 24.3 Å². The standard InChI is InChI=1S/C20H27FN2O2/c1-22(17-6-4-16(21)5-7-17)18-13-20(25-14-18)8-10-23(11-9-20)19(24)12-15-2-3-15/h4-7,15,18H,2-3,8-14H2,1H3/t18-/m1/s1. The lowest BCUT2D eigenvalue weighted by atomic mass is 9.87. The van der Waals surface area contributed by atoms with Crippen LogP contribution in [-0.4, -0.2) is 49.2 Å². The van der Waals surface area contributed by atoms with Gasteiger partial charge in [-0.2, -0.15) is 0 Å². The summed E-state index contributed by atoms with van der Waals surface area (Å²) in [7, 11) is 2.05. The quantitative estimate of drug-likeness (QED) is 0.839. The Morgan fingerprint density at radius 3 is 2.60 bits per heavy atom. The van der Waals surface area contributed by atoms with Gasteiger partial charge >= 0.3 is 0 Å². The van der Waals surface area contributed by atoms with Crippen molar-refractivity contribution < 1.29 is 13.9 Å². The van der Waals surface area contributed by atoms with Crippen molar-refractivity contribution in [3.63, 3.8) is 0 Å². The first-order valence-electron chi connectivity index (χ1n) is 9.45. The van der Waals surface area contributed by atoms with Crippen molar-refractivity contribution in [2.75, 3.05) is 31.6 Å². The van der Waals surface area contributed by atoms with Gasteiger partial charge in [-0.25, -0.2) is 4.39 Å². The molecule has 1 amide bonds. The molecule has 1 saturated carbocycles. The number of hydrogen-bond donors (Lipinski definition) is 0. The van der Waals surface area contributed by atoms with Gasteiger partial charge in [-0.3, -0.25) is 4.79 Å². The molecule has 4 nitrogen and oxygen atoms in total. The molecule has 2 aliphatic heterocycles. The van der Waals surface area contributed by atoms with E-state index in [1.165, 1.54) is 25.0 Å². The summed E-state index contributed by atoms with van der Waals surface area (Å²) >= 11 is 0. The molecule has 1 atom stereocenters. The molecule has 1 spiro atoms. The number of hydrogen-bond acceptors (Lipinski definition) is 3. The van der Waals surface area contributed by atoms with Crippen molar-refractivity contribution in [2.45, 2.75) is 50.2 Å². The maximum absolute atomic E-state index is 13.1. The summed E-state index contributed by atoms with van der Waals surface area (Å²) < 4.78 is 19.4. The minimum atomic E-state index is -0.209. The Hall–Kier alpha value is -1.62. The zero-order chi connectivity index (χ0) is 17.4. The fourth-order valence-electron chi connectivity index (χ4n) is 4.17. The summed E-state index contributed by atoms with van der Waals surface area (Å²) in [5, 5.41) is 0. The zero-order valence-electron chi connectivity index (χ0n) is 14.9. The molecule has 3 fully saturated rings. The van der Waals surface area contributed by atoms with Crippen LogP contribution in [0.5, 0.6) is 0 Å². The van der Waals surface area contributed by atoms with E-state index in [0.29, 0.717) is 24.5 Å². The normalized spacial score (nSPS) is 25.4. The highest BCUT2D eigenvalue weighted by molar-refractivity contribution is 5.76. The Morgan fingerprint density at radius 2 is 1.96 bits per heavy atom. The molecule has 0 radical (unpaired) electrons. The number of halogens is 1. The Balaban J connectivity index is 1.32. The molecule has 3 aliphatic rings. The van der Waals surface area contributed by atoms with Gasteiger partial charge in [-0.15, -0.1) is 0 Å². The lowest BCUT2D eigenvalue weighted by Gasteiger charge is -2.39. The predicted octanol–water partition coefficient (Wildman–Crippen LogP) is 3.21. The molecule has 0 aromatic heterocycles. The first-order valence-corrected chi connectivity index (χ1v) is 9.45. The number of piperidine rings is 1. The van der Waals surface area contributed by atoms with Crippen LogP contribution in [0.25, 0.3) is 0 Å². The molecule has 4 rings (SSSR count). The summed E-state index contributed by atoms with van der Waals surface area (Å²) in [5.41, 5.74) is 0.930. The number of ether oxygens (including phenoxy) is 1. The number of amides is 1. The van der Waals surface area contributed by atoms with Gasteiger partial charge in [0.15, 0.2) is 0 Å². The third-order valence-corrected chi connectivity index (χ3v) is 6.16. The molecule has 0 bridgehead atoms. The summed E-state index contributed by atoms with van der Waals surface area (Å²) in [6.45, 7) is 2.33. The van der Waals surface area contributed by atoms with Crippen molar-refractivity contribution in [3.05, 3.63) is 30.1 Å². The van der Waals surface area contributed by atoms with Crippen molar-refractivity contribution >= 4 is 11.6 Å². The van der Waals surface area contributed by atoms with Crippen LogP contribution in [0.2, 0.25) is 0 Å². The van der Waals surface area contributed by atoms with Crippen LogP contribution in [0.4, 0.5) is 10.1 Å². The second kappa shape index (κ2) is 6.60. The first kappa shape index (κ1) is 16.8. The fourth-order valence-corrected chi connectivity index (χ4v) is 4.17. The predicted molar refractivity (Wildman–Crippen MR) is 95.0 cm³/mol. The molecular formula is C20H27FN2O2. The summed E-state index contributed by atoms with van der Waals surface area (Å²) in [6, 6.07) is 6.95. The largest absolute Gasteiger partial charge is 0.373 e. The lowest BCUT2D eigenvalue weighted by Crippen LogP contribution is -2.47. The minimum absolute atomic E-state index is 0.0880. The fraction of sp³-hybridized carbons (Fsp3) is 0.650. The van der Waals surface area contributed by atoms with Crippen LogP contribution >= 0.6 is 0 Å². The molecule has 2 saturated heterocycles. The summed E-state index contributed by atoms with van der Waals surface area (Å²) in [5.74, 6) is 0.773. The SMILES string of the molecule is CN(c1ccc(F)cc1)[C@H]1COC2(CCN(C(=O)CC3CC3)CC2)C1. The number of carbonyl (C=O) groups excluding carboxylic acids is 1. The monoisotopic (exact) mass is 346 g/mol. The van der Waals surface area contributed by atoms with Crippen LogP contribution < -0.4 is 4.90 Å². The van der Waals surface area contributed by atoms with E-state index in [9.17, 15) is 9.18 Å². The number of rotatable bonds is 4. The van der Waals surface area contributed by atoms with Gasteiger partial charge in [-0.1, -0.05) is 0 Å². The van der Waals surface area contributed by atoms with E-state index < -0.39 is 0 Å². The lowest BCUT2D eigenvalue weighted by molar-refractivity contribution is -0.136. The maximum atomic E-state index is 13.1. The van der Waals surface area contributed by atoms with E-state index in [1.54, 1.807) is 0 Å². The molecule has 1 aliphatic carbocycles. The van der Waals surface area contributed by atoms with Crippen molar-refractivity contribution in [1.82, 2.24) is 4.90 Å². The highest BCUT2D eigenvalue weighted by Gasteiger charge is 2.44. The highest BCUT2D eigenvalue weighted by atomic mass is 19.1. The van der Waals surface area contributed by atoms with Gasteiger partial charge in [-0.05, 0) is 62.3 Å². The number of anilines is 1. The molecule has 2 heterocycles. The van der Waals surface area contributed by atoms with E-state index >= 15 is 0 Å². The molecule has 136 valence electrons. The molecule has 0 unspecified atom stereocenters. The van der Waals surface area contributed by atoms with Crippen LogP contribution in [-0.2, 0) is 9.53 Å². The number of likely N-dealkylation sites (N-methyl/N-ethyl adjacent to an activating group) is 1. The topological polar surface area (TPSA) is 32.8 Å². The van der Waals surface area contributed by atoms with E-state index in [1.807, 2.05) is 17.0 Å². The minimum Gasteiger partial charge on any atom is -0.373 e. The van der Waals surface area contributed by atoms with Gasteiger partial charge in [0.25, 0.3) is 0 Å². The van der Waals surface area contributed by atoms with Crippen LogP contribution in [0.3, 0.4) is 0 Å². The van der Waals surface area contributed by atoms with E-state index in [-0.39, 0.29) is 11.4 Å². The van der Waals surface area contributed by atoms with Gasteiger partial charge in [0.2, 0.25) is 5.91 Å². The first-order chi connectivity index (χ1) is 12.0. The Bertz CT molecular complexity index is 621. The summed E-state index contributed by atoms with van der Waals surface area (Å²) in [6.07, 6.45) is 6.03. The third kappa shape index (κ3) is 3.66. The Labute approximate surface area is 148 Å². The highest BCUT2D eigenvalue weighted by Crippen LogP contribution is 2.39. The van der Waals surface area contributed by atoms with E-state index in [2.05, 4.69) is 11.9 Å². The Kier molecular flexibility index (Phi) is 4.44. The van der Waals surface area contributed by atoms with E-state index in [0.717, 1.165) is 44.5 Å². The smallest absolute Gasteiger partial charge is 0.222 e. The molecular weight excluding hydrogens is 319 g/mol.